The summed E-state index contributed by atoms with van der Waals surface area (Å²) in [5.74, 6) is 0.853. The molecule has 1 aliphatic heterocycles. The molecule has 0 bridgehead atoms. The van der Waals surface area contributed by atoms with Crippen molar-refractivity contribution in [3.05, 3.63) is 39.4 Å². The summed E-state index contributed by atoms with van der Waals surface area (Å²) >= 11 is 0. The van der Waals surface area contributed by atoms with Gasteiger partial charge in [-0.3, -0.25) is 14.9 Å². The van der Waals surface area contributed by atoms with E-state index in [9.17, 15) is 14.9 Å². The number of rotatable bonds is 3. The molecule has 6 heteroatoms. The topological polar surface area (TPSA) is 84.3 Å². The number of piperidine rings is 1. The number of hydrogen-bond acceptors (Lipinski definition) is 4. The summed E-state index contributed by atoms with van der Waals surface area (Å²) in [5, 5.41) is 17.0. The second-order valence-electron chi connectivity index (χ2n) is 5.24. The molecule has 100 valence electrons. The van der Waals surface area contributed by atoms with Crippen LogP contribution in [0.4, 0.5) is 5.69 Å². The fourth-order valence-electron chi connectivity index (χ4n) is 2.83. The summed E-state index contributed by atoms with van der Waals surface area (Å²) in [6.45, 7) is 3.68. The van der Waals surface area contributed by atoms with Crippen LogP contribution in [0.5, 0.6) is 0 Å². The van der Waals surface area contributed by atoms with E-state index >= 15 is 0 Å². The largest absolute Gasteiger partial charge is 0.349 e. The predicted octanol–water partition coefficient (Wildman–Crippen LogP) is 0.851. The fraction of sp³-hybridized carbons (Fsp3) is 0.462. The van der Waals surface area contributed by atoms with Gasteiger partial charge in [-0.15, -0.1) is 0 Å². The van der Waals surface area contributed by atoms with Gasteiger partial charge in [-0.1, -0.05) is 6.07 Å². The molecular formula is C13H15N3O3. The molecule has 1 heterocycles. The molecule has 2 fully saturated rings. The summed E-state index contributed by atoms with van der Waals surface area (Å²) in [5.41, 5.74) is 1.10. The van der Waals surface area contributed by atoms with Crippen LogP contribution in [0.3, 0.4) is 0 Å². The first-order chi connectivity index (χ1) is 9.08. The zero-order chi connectivity index (χ0) is 13.6. The van der Waals surface area contributed by atoms with Crippen LogP contribution < -0.4 is 10.6 Å². The number of aryl methyl sites for hydroxylation is 1. The molecule has 0 aromatic heterocycles. The second kappa shape index (κ2) is 4.31. The van der Waals surface area contributed by atoms with Crippen LogP contribution in [0.2, 0.25) is 0 Å². The summed E-state index contributed by atoms with van der Waals surface area (Å²) in [6.07, 6.45) is 0. The van der Waals surface area contributed by atoms with Crippen molar-refractivity contribution in [1.29, 1.82) is 0 Å². The highest BCUT2D eigenvalue weighted by molar-refractivity contribution is 5.96. The third-order valence-corrected chi connectivity index (χ3v) is 4.07. The number of carbonyl (C=O) groups excluding carboxylic acids is 1. The smallest absolute Gasteiger partial charge is 0.270 e. The summed E-state index contributed by atoms with van der Waals surface area (Å²) in [6, 6.07) is 4.61. The van der Waals surface area contributed by atoms with Gasteiger partial charge in [0.1, 0.15) is 0 Å². The van der Waals surface area contributed by atoms with Crippen LogP contribution in [0.25, 0.3) is 0 Å². The quantitative estimate of drug-likeness (QED) is 0.624. The monoisotopic (exact) mass is 261 g/mol. The van der Waals surface area contributed by atoms with E-state index in [1.165, 1.54) is 12.1 Å². The number of nitro benzene ring substituents is 1. The number of carbonyl (C=O) groups is 1. The average Bonchev–Trinajstić information content (AvgIpc) is 2.83. The minimum absolute atomic E-state index is 0.0478. The molecule has 1 aromatic rings. The number of benzene rings is 1. The fourth-order valence-corrected chi connectivity index (χ4v) is 2.83. The predicted molar refractivity (Wildman–Crippen MR) is 68.9 cm³/mol. The van der Waals surface area contributed by atoms with E-state index in [1.807, 2.05) is 0 Å². The lowest BCUT2D eigenvalue weighted by atomic mass is 10.1. The first-order valence-electron chi connectivity index (χ1n) is 6.34. The van der Waals surface area contributed by atoms with Gasteiger partial charge in [-0.05, 0) is 24.3 Å². The Morgan fingerprint density at radius 1 is 1.42 bits per heavy atom. The maximum atomic E-state index is 12.2. The van der Waals surface area contributed by atoms with E-state index in [1.54, 1.807) is 13.0 Å². The van der Waals surface area contributed by atoms with Crippen molar-refractivity contribution in [2.75, 3.05) is 13.1 Å². The average molecular weight is 261 g/mol. The normalized spacial score (nSPS) is 27.7. The molecule has 19 heavy (non-hydrogen) atoms. The van der Waals surface area contributed by atoms with Crippen LogP contribution in [0.1, 0.15) is 15.9 Å². The van der Waals surface area contributed by atoms with Gasteiger partial charge < -0.3 is 10.6 Å². The first kappa shape index (κ1) is 12.1. The van der Waals surface area contributed by atoms with Crippen LogP contribution in [-0.2, 0) is 0 Å². The number of nitro groups is 1. The third kappa shape index (κ3) is 2.08. The first-order valence-corrected chi connectivity index (χ1v) is 6.34. The van der Waals surface area contributed by atoms with Crippen LogP contribution in [-0.4, -0.2) is 30.0 Å². The number of nitrogens with zero attached hydrogens (tertiary/aromatic N) is 1. The Labute approximate surface area is 110 Å². The van der Waals surface area contributed by atoms with Crippen molar-refractivity contribution in [3.63, 3.8) is 0 Å². The van der Waals surface area contributed by atoms with Gasteiger partial charge in [-0.25, -0.2) is 0 Å². The molecule has 1 aliphatic carbocycles. The Morgan fingerprint density at radius 3 is 2.74 bits per heavy atom. The van der Waals surface area contributed by atoms with Crippen molar-refractivity contribution in [2.45, 2.75) is 13.0 Å². The van der Waals surface area contributed by atoms with Gasteiger partial charge in [0.2, 0.25) is 0 Å². The molecule has 1 amide bonds. The summed E-state index contributed by atoms with van der Waals surface area (Å²) in [7, 11) is 0. The van der Waals surface area contributed by atoms with Gasteiger partial charge in [0.05, 0.1) is 4.92 Å². The van der Waals surface area contributed by atoms with E-state index in [4.69, 9.17) is 0 Å². The van der Waals surface area contributed by atoms with Gasteiger partial charge in [0.15, 0.2) is 0 Å². The third-order valence-electron chi connectivity index (χ3n) is 4.07. The molecule has 0 spiro atoms. The van der Waals surface area contributed by atoms with Gasteiger partial charge in [0.25, 0.3) is 11.6 Å². The van der Waals surface area contributed by atoms with Crippen molar-refractivity contribution in [3.8, 4) is 0 Å². The molecule has 1 saturated heterocycles. The Morgan fingerprint density at radius 2 is 2.11 bits per heavy atom. The Bertz CT molecular complexity index is 548. The van der Waals surface area contributed by atoms with E-state index in [2.05, 4.69) is 10.6 Å². The molecule has 1 aromatic carbocycles. The number of hydrogen-bond donors (Lipinski definition) is 2. The van der Waals surface area contributed by atoms with E-state index < -0.39 is 4.92 Å². The standard InChI is InChI=1S/C13H15N3O3/c1-7-2-3-8(16(18)19)4-9(7)13(17)15-12-10-5-14-6-11(10)12/h2-4,10-12,14H,5-6H2,1H3,(H,15,17). The van der Waals surface area contributed by atoms with Crippen LogP contribution in [0.15, 0.2) is 18.2 Å². The Balaban J connectivity index is 1.75. The number of non-ortho nitro benzene ring substituents is 1. The lowest BCUT2D eigenvalue weighted by Gasteiger charge is -2.09. The molecule has 1 saturated carbocycles. The maximum absolute atomic E-state index is 12.2. The second-order valence-corrected chi connectivity index (χ2v) is 5.24. The summed E-state index contributed by atoms with van der Waals surface area (Å²) < 4.78 is 0. The van der Waals surface area contributed by atoms with E-state index in [0.29, 0.717) is 17.4 Å². The van der Waals surface area contributed by atoms with Crippen molar-refractivity contribution >= 4 is 11.6 Å². The lowest BCUT2D eigenvalue weighted by Crippen LogP contribution is -2.32. The Kier molecular flexibility index (Phi) is 2.74. The molecule has 2 N–H and O–H groups in total. The van der Waals surface area contributed by atoms with Crippen molar-refractivity contribution in [2.24, 2.45) is 11.8 Å². The maximum Gasteiger partial charge on any atom is 0.270 e. The minimum Gasteiger partial charge on any atom is -0.349 e. The van der Waals surface area contributed by atoms with Gasteiger partial charge >= 0.3 is 0 Å². The van der Waals surface area contributed by atoms with Crippen molar-refractivity contribution < 1.29 is 9.72 Å². The SMILES string of the molecule is Cc1ccc([N+](=O)[O-])cc1C(=O)NC1C2CNCC21. The minimum atomic E-state index is -0.480. The molecule has 6 nitrogen and oxygen atoms in total. The van der Waals surface area contributed by atoms with Crippen LogP contribution in [0, 0.1) is 28.9 Å². The molecule has 0 radical (unpaired) electrons. The highest BCUT2D eigenvalue weighted by Crippen LogP contribution is 2.41. The van der Waals surface area contributed by atoms with E-state index in [-0.39, 0.29) is 17.6 Å². The van der Waals surface area contributed by atoms with Crippen molar-refractivity contribution in [1.82, 2.24) is 10.6 Å². The van der Waals surface area contributed by atoms with Gasteiger partial charge in [-0.2, -0.15) is 0 Å². The molecule has 2 aliphatic rings. The number of nitrogens with one attached hydrogen (secondary N) is 2. The van der Waals surface area contributed by atoms with Gasteiger partial charge in [0, 0.05) is 36.8 Å². The highest BCUT2D eigenvalue weighted by atomic mass is 16.6. The molecule has 3 rings (SSSR count). The highest BCUT2D eigenvalue weighted by Gasteiger charge is 2.53. The molecule has 2 atom stereocenters. The number of amides is 1. The Hall–Kier alpha value is -1.95. The lowest BCUT2D eigenvalue weighted by molar-refractivity contribution is -0.384. The molecule has 2 unspecified atom stereocenters. The molecular weight excluding hydrogens is 246 g/mol. The zero-order valence-electron chi connectivity index (χ0n) is 10.6. The van der Waals surface area contributed by atoms with Crippen LogP contribution >= 0.6 is 0 Å². The summed E-state index contributed by atoms with van der Waals surface area (Å²) in [4.78, 5) is 22.4. The number of fused-ring (bicyclic) bond motifs is 1. The van der Waals surface area contributed by atoms with E-state index in [0.717, 1.165) is 18.7 Å². The zero-order valence-corrected chi connectivity index (χ0v) is 10.6.